The fourth-order valence-corrected chi connectivity index (χ4v) is 2.56. The standard InChI is InChI=1S/C14H20N4O2/c1-9(13(19)17-10-3-4-10)18-6-5-12-11(7-18)14(20-2)16-8-15-12/h8-10H,3-7H2,1-2H3,(H,17,19)/t9-/m0/s1. The minimum Gasteiger partial charge on any atom is -0.481 e. The van der Waals surface area contributed by atoms with Gasteiger partial charge in [-0.3, -0.25) is 9.69 Å². The van der Waals surface area contributed by atoms with Crippen molar-refractivity contribution in [1.29, 1.82) is 0 Å². The summed E-state index contributed by atoms with van der Waals surface area (Å²) in [4.78, 5) is 22.8. The van der Waals surface area contributed by atoms with E-state index in [-0.39, 0.29) is 11.9 Å². The number of rotatable bonds is 4. The number of carbonyl (C=O) groups excluding carboxylic acids is 1. The van der Waals surface area contributed by atoms with E-state index in [2.05, 4.69) is 20.2 Å². The molecular formula is C14H20N4O2. The summed E-state index contributed by atoms with van der Waals surface area (Å²) in [7, 11) is 1.62. The van der Waals surface area contributed by atoms with Gasteiger partial charge in [-0.25, -0.2) is 9.97 Å². The molecule has 1 saturated carbocycles. The molecule has 6 heteroatoms. The van der Waals surface area contributed by atoms with Crippen LogP contribution in [-0.2, 0) is 17.8 Å². The molecule has 0 bridgehead atoms. The van der Waals surface area contributed by atoms with Gasteiger partial charge < -0.3 is 10.1 Å². The smallest absolute Gasteiger partial charge is 0.237 e. The normalized spacial score (nSPS) is 20.1. The van der Waals surface area contributed by atoms with Gasteiger partial charge in [0.05, 0.1) is 18.8 Å². The number of methoxy groups -OCH3 is 1. The second-order valence-electron chi connectivity index (χ2n) is 5.49. The van der Waals surface area contributed by atoms with E-state index in [1.807, 2.05) is 6.92 Å². The minimum absolute atomic E-state index is 0.117. The van der Waals surface area contributed by atoms with Gasteiger partial charge in [-0.2, -0.15) is 0 Å². The van der Waals surface area contributed by atoms with Crippen molar-refractivity contribution in [3.8, 4) is 5.88 Å². The Labute approximate surface area is 118 Å². The molecule has 3 rings (SSSR count). The van der Waals surface area contributed by atoms with Crippen LogP contribution in [0.2, 0.25) is 0 Å². The van der Waals surface area contributed by atoms with Gasteiger partial charge in [0.15, 0.2) is 0 Å². The number of nitrogens with zero attached hydrogens (tertiary/aromatic N) is 3. The van der Waals surface area contributed by atoms with E-state index in [1.165, 1.54) is 6.33 Å². The molecule has 0 saturated heterocycles. The van der Waals surface area contributed by atoms with Crippen LogP contribution in [0, 0.1) is 0 Å². The Hall–Kier alpha value is -1.69. The van der Waals surface area contributed by atoms with Gasteiger partial charge in [-0.15, -0.1) is 0 Å². The summed E-state index contributed by atoms with van der Waals surface area (Å²) in [6.45, 7) is 3.46. The molecule has 1 fully saturated rings. The van der Waals surface area contributed by atoms with Gasteiger partial charge in [0, 0.05) is 31.1 Å². The molecule has 1 aromatic rings. The molecule has 2 heterocycles. The summed E-state index contributed by atoms with van der Waals surface area (Å²) < 4.78 is 5.30. The lowest BCUT2D eigenvalue weighted by Gasteiger charge is -2.32. The lowest BCUT2D eigenvalue weighted by molar-refractivity contribution is -0.126. The Kier molecular flexibility index (Phi) is 3.56. The third kappa shape index (κ3) is 2.60. The molecule has 1 aliphatic carbocycles. The Balaban J connectivity index is 1.72. The Bertz CT molecular complexity index is 502. The SMILES string of the molecule is COc1ncnc2c1CN([C@@H](C)C(=O)NC1CC1)CC2. The lowest BCUT2D eigenvalue weighted by Crippen LogP contribution is -2.47. The number of fused-ring (bicyclic) bond motifs is 1. The van der Waals surface area contributed by atoms with E-state index in [9.17, 15) is 4.79 Å². The fourth-order valence-electron chi connectivity index (χ4n) is 2.56. The first kappa shape index (κ1) is 13.3. The van der Waals surface area contributed by atoms with Crippen molar-refractivity contribution < 1.29 is 9.53 Å². The predicted octanol–water partition coefficient (Wildman–Crippen LogP) is 0.510. The number of carbonyl (C=O) groups is 1. The predicted molar refractivity (Wildman–Crippen MR) is 73.3 cm³/mol. The second-order valence-corrected chi connectivity index (χ2v) is 5.49. The maximum Gasteiger partial charge on any atom is 0.237 e. The summed E-state index contributed by atoms with van der Waals surface area (Å²) in [5.41, 5.74) is 2.04. The lowest BCUT2D eigenvalue weighted by atomic mass is 10.0. The molecule has 2 aliphatic rings. The van der Waals surface area contributed by atoms with Crippen LogP contribution in [0.3, 0.4) is 0 Å². The van der Waals surface area contributed by atoms with E-state index >= 15 is 0 Å². The van der Waals surface area contributed by atoms with Crippen LogP contribution >= 0.6 is 0 Å². The maximum atomic E-state index is 12.1. The number of nitrogens with one attached hydrogen (secondary N) is 1. The average Bonchev–Trinajstić information content (AvgIpc) is 3.29. The highest BCUT2D eigenvalue weighted by Gasteiger charge is 2.31. The molecule has 1 amide bonds. The molecule has 1 aliphatic heterocycles. The molecule has 108 valence electrons. The largest absolute Gasteiger partial charge is 0.481 e. The zero-order chi connectivity index (χ0) is 14.1. The number of hydrogen-bond acceptors (Lipinski definition) is 5. The van der Waals surface area contributed by atoms with Crippen LogP contribution in [0.25, 0.3) is 0 Å². The number of ether oxygens (including phenoxy) is 1. The van der Waals surface area contributed by atoms with Crippen molar-refractivity contribution in [3.05, 3.63) is 17.6 Å². The van der Waals surface area contributed by atoms with Gasteiger partial charge in [-0.1, -0.05) is 0 Å². The molecule has 20 heavy (non-hydrogen) atoms. The van der Waals surface area contributed by atoms with E-state index in [0.717, 1.165) is 37.1 Å². The third-order valence-corrected chi connectivity index (χ3v) is 4.04. The zero-order valence-corrected chi connectivity index (χ0v) is 11.9. The molecular weight excluding hydrogens is 256 g/mol. The van der Waals surface area contributed by atoms with Gasteiger partial charge in [0.1, 0.15) is 6.33 Å². The third-order valence-electron chi connectivity index (χ3n) is 4.04. The quantitative estimate of drug-likeness (QED) is 0.868. The summed E-state index contributed by atoms with van der Waals surface area (Å²) >= 11 is 0. The molecule has 1 atom stereocenters. The summed E-state index contributed by atoms with van der Waals surface area (Å²) in [6, 6.07) is 0.272. The van der Waals surface area contributed by atoms with E-state index in [1.54, 1.807) is 7.11 Å². The first-order chi connectivity index (χ1) is 9.69. The second kappa shape index (κ2) is 5.36. The average molecular weight is 276 g/mol. The van der Waals surface area contributed by atoms with Crippen LogP contribution in [-0.4, -0.2) is 46.5 Å². The highest BCUT2D eigenvalue weighted by molar-refractivity contribution is 5.81. The first-order valence-corrected chi connectivity index (χ1v) is 7.10. The molecule has 0 unspecified atom stereocenters. The highest BCUT2D eigenvalue weighted by Crippen LogP contribution is 2.26. The fraction of sp³-hybridized carbons (Fsp3) is 0.643. The van der Waals surface area contributed by atoms with Crippen molar-refractivity contribution in [1.82, 2.24) is 20.2 Å². The summed E-state index contributed by atoms with van der Waals surface area (Å²) in [6.07, 6.45) is 4.59. The Morgan fingerprint density at radius 3 is 3.00 bits per heavy atom. The summed E-state index contributed by atoms with van der Waals surface area (Å²) in [5.74, 6) is 0.737. The van der Waals surface area contributed by atoms with Crippen LogP contribution in [0.15, 0.2) is 6.33 Å². The molecule has 1 aromatic heterocycles. The monoisotopic (exact) mass is 276 g/mol. The Morgan fingerprint density at radius 2 is 2.30 bits per heavy atom. The minimum atomic E-state index is -0.131. The summed E-state index contributed by atoms with van der Waals surface area (Å²) in [5, 5.41) is 3.06. The first-order valence-electron chi connectivity index (χ1n) is 7.10. The van der Waals surface area contributed by atoms with Gasteiger partial charge in [0.25, 0.3) is 0 Å². The molecule has 6 nitrogen and oxygen atoms in total. The van der Waals surface area contributed by atoms with Crippen molar-refractivity contribution in [3.63, 3.8) is 0 Å². The topological polar surface area (TPSA) is 67.4 Å². The molecule has 0 spiro atoms. The van der Waals surface area contributed by atoms with Gasteiger partial charge >= 0.3 is 0 Å². The van der Waals surface area contributed by atoms with Crippen molar-refractivity contribution in [2.45, 2.75) is 44.8 Å². The van der Waals surface area contributed by atoms with Gasteiger partial charge in [-0.05, 0) is 19.8 Å². The van der Waals surface area contributed by atoms with Crippen LogP contribution in [0.4, 0.5) is 0 Å². The van der Waals surface area contributed by atoms with Crippen LogP contribution in [0.5, 0.6) is 5.88 Å². The van der Waals surface area contributed by atoms with E-state index in [4.69, 9.17) is 4.74 Å². The van der Waals surface area contributed by atoms with Crippen molar-refractivity contribution >= 4 is 5.91 Å². The maximum absolute atomic E-state index is 12.1. The van der Waals surface area contributed by atoms with Crippen molar-refractivity contribution in [2.75, 3.05) is 13.7 Å². The highest BCUT2D eigenvalue weighted by atomic mass is 16.5. The van der Waals surface area contributed by atoms with E-state index in [0.29, 0.717) is 18.5 Å². The zero-order valence-electron chi connectivity index (χ0n) is 11.9. The number of hydrogen-bond donors (Lipinski definition) is 1. The van der Waals surface area contributed by atoms with E-state index < -0.39 is 0 Å². The van der Waals surface area contributed by atoms with Crippen molar-refractivity contribution in [2.24, 2.45) is 0 Å². The molecule has 1 N–H and O–H groups in total. The molecule has 0 aromatic carbocycles. The number of amides is 1. The van der Waals surface area contributed by atoms with Crippen LogP contribution < -0.4 is 10.1 Å². The van der Waals surface area contributed by atoms with Gasteiger partial charge in [0.2, 0.25) is 11.8 Å². The van der Waals surface area contributed by atoms with Crippen LogP contribution in [0.1, 0.15) is 31.0 Å². The number of aromatic nitrogens is 2. The Morgan fingerprint density at radius 1 is 1.50 bits per heavy atom. The molecule has 0 radical (unpaired) electrons.